The second kappa shape index (κ2) is 7.84. The molecule has 1 fully saturated rings. The number of aliphatic hydroxyl groups excluding tert-OH is 2. The zero-order chi connectivity index (χ0) is 20.7. The zero-order valence-corrected chi connectivity index (χ0v) is 16.7. The quantitative estimate of drug-likeness (QED) is 0.481. The van der Waals surface area contributed by atoms with E-state index >= 15 is 0 Å². The Labute approximate surface area is 172 Å². The molecule has 4 rings (SSSR count). The Bertz CT molecular complexity index is 1050. The van der Waals surface area contributed by atoms with E-state index in [0.29, 0.717) is 21.8 Å². The van der Waals surface area contributed by atoms with Crippen LogP contribution in [0.3, 0.4) is 0 Å². The molecule has 1 saturated heterocycles. The van der Waals surface area contributed by atoms with Gasteiger partial charge in [-0.25, -0.2) is 15.0 Å². The average Bonchev–Trinajstić information content (AvgIpc) is 3.29. The number of rotatable bonds is 5. The van der Waals surface area contributed by atoms with Gasteiger partial charge >= 0.3 is 0 Å². The molecule has 6 atom stereocenters. The van der Waals surface area contributed by atoms with Gasteiger partial charge in [-0.15, -0.1) is 11.6 Å². The summed E-state index contributed by atoms with van der Waals surface area (Å²) in [5.74, 6) is 0.784. The summed E-state index contributed by atoms with van der Waals surface area (Å²) in [5, 5.41) is 21.0. The maximum absolute atomic E-state index is 12.8. The van der Waals surface area contributed by atoms with Crippen molar-refractivity contribution in [1.29, 1.82) is 0 Å². The molecule has 154 valence electrons. The van der Waals surface area contributed by atoms with Crippen molar-refractivity contribution >= 4 is 39.4 Å². The molecule has 0 amide bonds. The minimum atomic E-state index is -1.71. The summed E-state index contributed by atoms with van der Waals surface area (Å²) in [6.45, 7) is 0. The second-order valence-corrected chi connectivity index (χ2v) is 8.68. The lowest BCUT2D eigenvalue weighted by molar-refractivity contribution is -0.0310. The van der Waals surface area contributed by atoms with E-state index in [4.69, 9.17) is 26.8 Å². The first kappa shape index (κ1) is 20.0. The molecule has 29 heavy (non-hydrogen) atoms. The highest BCUT2D eigenvalue weighted by Crippen LogP contribution is 2.36. The first-order chi connectivity index (χ1) is 13.9. The first-order valence-corrected chi connectivity index (χ1v) is 10.2. The molecular formula is C17H18ClN5O5S. The summed E-state index contributed by atoms with van der Waals surface area (Å²) in [4.78, 5) is 12.5. The van der Waals surface area contributed by atoms with Gasteiger partial charge in [-0.05, 0) is 24.3 Å². The molecule has 0 aliphatic carbocycles. The summed E-state index contributed by atoms with van der Waals surface area (Å²) in [6.07, 6.45) is -2.22. The Balaban J connectivity index is 1.59. The van der Waals surface area contributed by atoms with E-state index in [0.717, 1.165) is 0 Å². The molecule has 10 nitrogen and oxygen atoms in total. The van der Waals surface area contributed by atoms with E-state index in [1.54, 1.807) is 24.3 Å². The number of alkyl halides is 1. The standard InChI is InChI=1S/C17H18ClN5O5S/c1-27-8-2-4-9(5-3-8)29(26)14(18)13-11(24)12(25)17(28-13)23-7-22-10-15(19)20-6-21-16(10)23/h2-7,11-14,17,24-25H,1H3,(H2,19,20,21)/t11-,12+,13-,14+,17+,29-/m0/s1. The number of hydrogen-bond acceptors (Lipinski definition) is 9. The van der Waals surface area contributed by atoms with Crippen molar-refractivity contribution in [2.24, 2.45) is 0 Å². The van der Waals surface area contributed by atoms with Gasteiger partial charge in [0.05, 0.1) is 24.2 Å². The van der Waals surface area contributed by atoms with Gasteiger partial charge in [0.25, 0.3) is 0 Å². The van der Waals surface area contributed by atoms with Gasteiger partial charge < -0.3 is 25.4 Å². The van der Waals surface area contributed by atoms with Gasteiger partial charge in [0.2, 0.25) is 0 Å². The summed E-state index contributed by atoms with van der Waals surface area (Å²) in [5.41, 5.74) is 6.45. The van der Waals surface area contributed by atoms with Crippen molar-refractivity contribution in [2.45, 2.75) is 34.1 Å². The molecule has 2 aromatic heterocycles. The highest BCUT2D eigenvalue weighted by molar-refractivity contribution is 7.87. The minimum absolute atomic E-state index is 0.175. The molecule has 0 saturated carbocycles. The van der Waals surface area contributed by atoms with Crippen molar-refractivity contribution < 1.29 is 23.9 Å². The molecule has 4 N–H and O–H groups in total. The third-order valence-electron chi connectivity index (χ3n) is 4.69. The number of hydrogen-bond donors (Lipinski definition) is 3. The van der Waals surface area contributed by atoms with E-state index in [1.165, 1.54) is 24.3 Å². The predicted octanol–water partition coefficient (Wildman–Crippen LogP) is 0.409. The molecule has 0 spiro atoms. The SMILES string of the molecule is COc1ccc([S@](=O)[C@@H](Cl)[C@H]2O[C@@H](n3cnc4c(N)ncnc43)[C@H](O)[C@@H]2O)cc1. The number of aromatic nitrogens is 4. The van der Waals surface area contributed by atoms with Crippen molar-refractivity contribution in [3.05, 3.63) is 36.9 Å². The van der Waals surface area contributed by atoms with Gasteiger partial charge in [0.1, 0.15) is 40.6 Å². The third-order valence-corrected chi connectivity index (χ3v) is 6.84. The van der Waals surface area contributed by atoms with Gasteiger partial charge in [-0.2, -0.15) is 0 Å². The molecular weight excluding hydrogens is 422 g/mol. The third kappa shape index (κ3) is 3.45. The van der Waals surface area contributed by atoms with E-state index in [2.05, 4.69) is 15.0 Å². The van der Waals surface area contributed by atoms with Gasteiger partial charge in [-0.1, -0.05) is 0 Å². The number of anilines is 1. The lowest BCUT2D eigenvalue weighted by atomic mass is 10.1. The van der Waals surface area contributed by atoms with Crippen LogP contribution in [0.2, 0.25) is 0 Å². The molecule has 0 radical (unpaired) electrons. The van der Waals surface area contributed by atoms with Crippen molar-refractivity contribution in [2.75, 3.05) is 12.8 Å². The normalized spacial score (nSPS) is 26.5. The van der Waals surface area contributed by atoms with Crippen LogP contribution >= 0.6 is 11.6 Å². The molecule has 0 unspecified atom stereocenters. The fourth-order valence-electron chi connectivity index (χ4n) is 3.15. The van der Waals surface area contributed by atoms with Crippen LogP contribution in [0.1, 0.15) is 6.23 Å². The number of fused-ring (bicyclic) bond motifs is 1. The van der Waals surface area contributed by atoms with Crippen LogP contribution in [-0.4, -0.2) is 64.1 Å². The number of nitrogens with zero attached hydrogens (tertiary/aromatic N) is 4. The van der Waals surface area contributed by atoms with Crippen LogP contribution in [0.4, 0.5) is 5.82 Å². The number of aliphatic hydroxyl groups is 2. The molecule has 3 aromatic rings. The van der Waals surface area contributed by atoms with Crippen LogP contribution in [0, 0.1) is 0 Å². The number of nitrogens with two attached hydrogens (primary N) is 1. The van der Waals surface area contributed by atoms with Crippen molar-refractivity contribution in [3.63, 3.8) is 0 Å². The number of benzene rings is 1. The largest absolute Gasteiger partial charge is 0.497 e. The van der Waals surface area contributed by atoms with Crippen LogP contribution in [0.15, 0.2) is 41.8 Å². The predicted molar refractivity (Wildman–Crippen MR) is 105 cm³/mol. The summed E-state index contributed by atoms with van der Waals surface area (Å²) in [6, 6.07) is 6.54. The fourth-order valence-corrected chi connectivity index (χ4v) is 4.80. The summed E-state index contributed by atoms with van der Waals surface area (Å²) < 4.78 is 24.0. The monoisotopic (exact) mass is 439 g/mol. The van der Waals surface area contributed by atoms with Crippen LogP contribution < -0.4 is 10.5 Å². The maximum atomic E-state index is 12.8. The highest BCUT2D eigenvalue weighted by atomic mass is 35.5. The number of halogens is 1. The van der Waals surface area contributed by atoms with Gasteiger partial charge in [0, 0.05) is 4.90 Å². The van der Waals surface area contributed by atoms with Crippen LogP contribution in [0.5, 0.6) is 5.75 Å². The first-order valence-electron chi connectivity index (χ1n) is 8.55. The van der Waals surface area contributed by atoms with E-state index in [-0.39, 0.29) is 5.82 Å². The van der Waals surface area contributed by atoms with Crippen LogP contribution in [0.25, 0.3) is 11.2 Å². The van der Waals surface area contributed by atoms with E-state index < -0.39 is 40.0 Å². The Morgan fingerprint density at radius 3 is 2.66 bits per heavy atom. The van der Waals surface area contributed by atoms with E-state index in [1.807, 2.05) is 0 Å². The number of methoxy groups -OCH3 is 1. The van der Waals surface area contributed by atoms with Gasteiger partial charge in [0.15, 0.2) is 17.7 Å². The smallest absolute Gasteiger partial charge is 0.167 e. The second-order valence-electron chi connectivity index (χ2n) is 6.38. The lowest BCUT2D eigenvalue weighted by Gasteiger charge is -2.20. The maximum Gasteiger partial charge on any atom is 0.167 e. The molecule has 1 aliphatic heterocycles. The summed E-state index contributed by atoms with van der Waals surface area (Å²) >= 11 is 6.38. The van der Waals surface area contributed by atoms with E-state index in [9.17, 15) is 14.4 Å². The van der Waals surface area contributed by atoms with Crippen LogP contribution in [-0.2, 0) is 15.5 Å². The molecule has 1 aliphatic rings. The zero-order valence-electron chi connectivity index (χ0n) is 15.1. The van der Waals surface area contributed by atoms with Crippen molar-refractivity contribution in [3.8, 4) is 5.75 Å². The highest BCUT2D eigenvalue weighted by Gasteiger charge is 2.49. The van der Waals surface area contributed by atoms with Crippen molar-refractivity contribution in [1.82, 2.24) is 19.5 Å². The number of ether oxygens (including phenoxy) is 2. The number of nitrogen functional groups attached to an aromatic ring is 1. The minimum Gasteiger partial charge on any atom is -0.497 e. The topological polar surface area (TPSA) is 146 Å². The molecule has 0 bridgehead atoms. The van der Waals surface area contributed by atoms with Gasteiger partial charge in [-0.3, -0.25) is 8.78 Å². The molecule has 1 aromatic carbocycles. The Hall–Kier alpha value is -2.31. The lowest BCUT2D eigenvalue weighted by Crippen LogP contribution is -2.38. The molecule has 12 heteroatoms. The Morgan fingerprint density at radius 1 is 1.24 bits per heavy atom. The molecule has 3 heterocycles. The average molecular weight is 440 g/mol. The summed E-state index contributed by atoms with van der Waals surface area (Å²) in [7, 11) is -0.186. The Morgan fingerprint density at radius 2 is 1.97 bits per heavy atom. The number of imidazole rings is 1. The Kier molecular flexibility index (Phi) is 5.40. The fraction of sp³-hybridized carbons (Fsp3) is 0.353.